The van der Waals surface area contributed by atoms with Gasteiger partial charge in [0.15, 0.2) is 0 Å². The summed E-state index contributed by atoms with van der Waals surface area (Å²) in [5.41, 5.74) is 0. The highest BCUT2D eigenvalue weighted by atomic mass is 32.2. The molecule has 0 aromatic heterocycles. The van der Waals surface area contributed by atoms with Gasteiger partial charge in [-0.1, -0.05) is 13.3 Å². The second-order valence-electron chi connectivity index (χ2n) is 5.94. The highest BCUT2D eigenvalue weighted by Gasteiger charge is 2.37. The Morgan fingerprint density at radius 1 is 1.12 bits per heavy atom. The zero-order valence-corrected chi connectivity index (χ0v) is 11.8. The summed E-state index contributed by atoms with van der Waals surface area (Å²) in [6, 6.07) is 1.65. The lowest BCUT2D eigenvalue weighted by Crippen LogP contribution is -2.49. The summed E-state index contributed by atoms with van der Waals surface area (Å²) < 4.78 is 0. The van der Waals surface area contributed by atoms with Crippen LogP contribution in [0.1, 0.15) is 39.0 Å². The lowest BCUT2D eigenvalue weighted by atomic mass is 9.93. The molecular formula is C14H26N2S. The van der Waals surface area contributed by atoms with E-state index in [1.54, 1.807) is 0 Å². The third-order valence-electron chi connectivity index (χ3n) is 4.90. The molecular weight excluding hydrogens is 228 g/mol. The van der Waals surface area contributed by atoms with Crippen LogP contribution >= 0.6 is 11.8 Å². The lowest BCUT2D eigenvalue weighted by molar-refractivity contribution is 0.210. The highest BCUT2D eigenvalue weighted by molar-refractivity contribution is 7.99. The fourth-order valence-corrected chi connectivity index (χ4v) is 5.18. The Balaban J connectivity index is 1.55. The fourth-order valence-electron chi connectivity index (χ4n) is 3.98. The summed E-state index contributed by atoms with van der Waals surface area (Å²) in [4.78, 5) is 2.65. The summed E-state index contributed by atoms with van der Waals surface area (Å²) in [6.45, 7) is 6.37. The number of rotatable bonds is 4. The quantitative estimate of drug-likeness (QED) is 0.829. The zero-order valence-electron chi connectivity index (χ0n) is 11.0. The van der Waals surface area contributed by atoms with Crippen molar-refractivity contribution in [3.8, 4) is 0 Å². The van der Waals surface area contributed by atoms with E-state index in [1.807, 2.05) is 0 Å². The summed E-state index contributed by atoms with van der Waals surface area (Å²) in [5, 5.41) is 4.94. The number of thioether (sulfide) groups is 1. The molecule has 0 spiro atoms. The van der Waals surface area contributed by atoms with E-state index in [0.29, 0.717) is 0 Å². The molecule has 3 heteroatoms. The van der Waals surface area contributed by atoms with Gasteiger partial charge in [-0.05, 0) is 50.4 Å². The monoisotopic (exact) mass is 254 g/mol. The van der Waals surface area contributed by atoms with Gasteiger partial charge in [-0.25, -0.2) is 0 Å². The van der Waals surface area contributed by atoms with Crippen LogP contribution in [-0.2, 0) is 0 Å². The fraction of sp³-hybridized carbons (Fsp3) is 1.00. The van der Waals surface area contributed by atoms with E-state index >= 15 is 0 Å². The van der Waals surface area contributed by atoms with E-state index in [4.69, 9.17) is 0 Å². The number of fused-ring (bicyclic) bond motifs is 2. The molecule has 0 aromatic rings. The van der Waals surface area contributed by atoms with E-state index in [2.05, 4.69) is 28.9 Å². The maximum Gasteiger partial charge on any atom is 0.0201 e. The number of nitrogens with zero attached hydrogens (tertiary/aromatic N) is 1. The van der Waals surface area contributed by atoms with Crippen molar-refractivity contribution in [2.75, 3.05) is 25.4 Å². The minimum atomic E-state index is 0.817. The smallest absolute Gasteiger partial charge is 0.0201 e. The van der Waals surface area contributed by atoms with Crippen LogP contribution < -0.4 is 5.32 Å². The molecule has 3 rings (SSSR count). The Hall–Kier alpha value is 0.270. The molecule has 0 aromatic carbocycles. The summed E-state index contributed by atoms with van der Waals surface area (Å²) in [7, 11) is 0. The van der Waals surface area contributed by atoms with Crippen LogP contribution in [0, 0.1) is 5.92 Å². The first-order chi connectivity index (χ1) is 8.36. The first-order valence-corrected chi connectivity index (χ1v) is 8.51. The molecule has 17 heavy (non-hydrogen) atoms. The summed E-state index contributed by atoms with van der Waals surface area (Å²) >= 11 is 2.18. The van der Waals surface area contributed by atoms with Gasteiger partial charge in [-0.15, -0.1) is 0 Å². The molecule has 2 saturated heterocycles. The van der Waals surface area contributed by atoms with Crippen LogP contribution in [0.25, 0.3) is 0 Å². The molecule has 5 atom stereocenters. The predicted octanol–water partition coefficient (Wildman–Crippen LogP) is 2.34. The summed E-state index contributed by atoms with van der Waals surface area (Å²) in [6.07, 6.45) is 7.14. The number of nitrogens with one attached hydrogen (secondary N) is 1. The molecule has 1 saturated carbocycles. The van der Waals surface area contributed by atoms with Crippen molar-refractivity contribution < 1.29 is 0 Å². The van der Waals surface area contributed by atoms with E-state index in [9.17, 15) is 0 Å². The molecule has 0 amide bonds. The molecule has 1 N–H and O–H groups in total. The Morgan fingerprint density at radius 3 is 2.88 bits per heavy atom. The molecule has 3 aliphatic rings. The Labute approximate surface area is 110 Å². The van der Waals surface area contributed by atoms with Gasteiger partial charge >= 0.3 is 0 Å². The van der Waals surface area contributed by atoms with Crippen LogP contribution in [0.15, 0.2) is 0 Å². The average molecular weight is 254 g/mol. The second kappa shape index (κ2) is 5.50. The van der Waals surface area contributed by atoms with Crippen molar-refractivity contribution in [2.45, 2.75) is 56.4 Å². The molecule has 5 unspecified atom stereocenters. The van der Waals surface area contributed by atoms with Crippen LogP contribution in [0.2, 0.25) is 0 Å². The van der Waals surface area contributed by atoms with E-state index < -0.39 is 0 Å². The van der Waals surface area contributed by atoms with Crippen molar-refractivity contribution in [2.24, 2.45) is 5.92 Å². The first kappa shape index (κ1) is 12.3. The lowest BCUT2D eigenvalue weighted by Gasteiger charge is -2.34. The Morgan fingerprint density at radius 2 is 2.00 bits per heavy atom. The third kappa shape index (κ3) is 2.66. The topological polar surface area (TPSA) is 15.3 Å². The maximum absolute atomic E-state index is 4.03. The van der Waals surface area contributed by atoms with Crippen molar-refractivity contribution in [3.63, 3.8) is 0 Å². The van der Waals surface area contributed by atoms with Crippen LogP contribution in [-0.4, -0.2) is 47.6 Å². The van der Waals surface area contributed by atoms with Gasteiger partial charge in [0.25, 0.3) is 0 Å². The minimum Gasteiger partial charge on any atom is -0.310 e. The second-order valence-corrected chi connectivity index (χ2v) is 7.46. The third-order valence-corrected chi connectivity index (χ3v) is 6.22. The van der Waals surface area contributed by atoms with Crippen molar-refractivity contribution in [3.05, 3.63) is 0 Å². The maximum atomic E-state index is 4.03. The molecule has 3 fully saturated rings. The average Bonchev–Trinajstić information content (AvgIpc) is 2.91. The molecule has 1 aliphatic carbocycles. The van der Waals surface area contributed by atoms with Gasteiger partial charge in [-0.3, -0.25) is 0 Å². The number of hydrogen-bond donors (Lipinski definition) is 1. The van der Waals surface area contributed by atoms with Gasteiger partial charge in [0.2, 0.25) is 0 Å². The van der Waals surface area contributed by atoms with Gasteiger partial charge in [0, 0.05) is 23.9 Å². The normalized spacial score (nSPS) is 45.4. The van der Waals surface area contributed by atoms with E-state index in [1.165, 1.54) is 57.5 Å². The minimum absolute atomic E-state index is 0.817. The molecule has 2 nitrogen and oxygen atoms in total. The van der Waals surface area contributed by atoms with Gasteiger partial charge < -0.3 is 10.2 Å². The van der Waals surface area contributed by atoms with Crippen molar-refractivity contribution in [1.29, 1.82) is 0 Å². The van der Waals surface area contributed by atoms with Crippen molar-refractivity contribution in [1.82, 2.24) is 10.2 Å². The molecule has 2 bridgehead atoms. The van der Waals surface area contributed by atoms with Gasteiger partial charge in [0.1, 0.15) is 0 Å². The Bertz CT molecular complexity index is 259. The van der Waals surface area contributed by atoms with E-state index in [-0.39, 0.29) is 0 Å². The zero-order chi connectivity index (χ0) is 11.7. The molecule has 0 radical (unpaired) electrons. The highest BCUT2D eigenvalue weighted by Crippen LogP contribution is 2.33. The van der Waals surface area contributed by atoms with Gasteiger partial charge in [0.05, 0.1) is 0 Å². The van der Waals surface area contributed by atoms with Crippen LogP contribution in [0.5, 0.6) is 0 Å². The van der Waals surface area contributed by atoms with Gasteiger partial charge in [-0.2, -0.15) is 11.8 Å². The predicted molar refractivity (Wildman–Crippen MR) is 75.6 cm³/mol. The number of hydrogen-bond acceptors (Lipinski definition) is 3. The molecule has 2 aliphatic heterocycles. The molecule has 98 valence electrons. The summed E-state index contributed by atoms with van der Waals surface area (Å²) in [5.74, 6) is 2.24. The van der Waals surface area contributed by atoms with Crippen LogP contribution in [0.4, 0.5) is 0 Å². The first-order valence-electron chi connectivity index (χ1n) is 7.47. The Kier molecular flexibility index (Phi) is 3.98. The standard InChI is InChI=1S/C14H26N2S/c1-2-17-14-5-3-4-13(14)15-12-7-9-16-8-6-11(12)10-16/h11-15H,2-10H2,1H3. The van der Waals surface area contributed by atoms with Crippen molar-refractivity contribution >= 4 is 11.8 Å². The molecule has 2 heterocycles. The number of piperidine rings is 1. The largest absolute Gasteiger partial charge is 0.310 e. The van der Waals surface area contributed by atoms with Crippen LogP contribution in [0.3, 0.4) is 0 Å². The SMILES string of the molecule is CCSC1CCCC1NC1CCN2CCC1C2. The van der Waals surface area contributed by atoms with E-state index in [0.717, 1.165) is 23.3 Å².